The van der Waals surface area contributed by atoms with Gasteiger partial charge in [-0.3, -0.25) is 4.79 Å². The van der Waals surface area contributed by atoms with E-state index in [2.05, 4.69) is 20.6 Å². The second kappa shape index (κ2) is 9.11. The van der Waals surface area contributed by atoms with E-state index in [-0.39, 0.29) is 18.1 Å². The van der Waals surface area contributed by atoms with Gasteiger partial charge in [0.05, 0.1) is 18.7 Å². The van der Waals surface area contributed by atoms with Crippen molar-refractivity contribution in [3.8, 4) is 17.2 Å². The van der Waals surface area contributed by atoms with Gasteiger partial charge >= 0.3 is 0 Å². The number of nitrogens with two attached hydrogens (primary N) is 1. The van der Waals surface area contributed by atoms with Gasteiger partial charge in [-0.25, -0.2) is 9.67 Å². The summed E-state index contributed by atoms with van der Waals surface area (Å²) >= 11 is 5.87. The van der Waals surface area contributed by atoms with Gasteiger partial charge in [0.25, 0.3) is 5.91 Å². The van der Waals surface area contributed by atoms with Crippen LogP contribution >= 0.6 is 11.6 Å². The molecule has 0 atom stereocenters. The Labute approximate surface area is 189 Å². The second-order valence-corrected chi connectivity index (χ2v) is 7.33. The third-order valence-corrected chi connectivity index (χ3v) is 4.95. The van der Waals surface area contributed by atoms with Crippen molar-refractivity contribution in [2.75, 3.05) is 17.7 Å². The number of hydrogen-bond donors (Lipinski definition) is 2. The number of aryl methyl sites for hydroxylation is 1. The topological polar surface area (TPSA) is 121 Å². The van der Waals surface area contributed by atoms with Crippen LogP contribution in [-0.4, -0.2) is 32.5 Å². The number of anilines is 2. The Bertz CT molecular complexity index is 1250. The predicted octanol–water partition coefficient (Wildman–Crippen LogP) is 4.18. The number of halogens is 1. The number of ether oxygens (including phenoxy) is 1. The minimum atomic E-state index is -0.473. The number of rotatable bonds is 7. The van der Waals surface area contributed by atoms with Gasteiger partial charge in [0.15, 0.2) is 11.5 Å². The number of carbonyl (C=O) groups excluding carboxylic acids is 1. The zero-order valence-electron chi connectivity index (χ0n) is 17.5. The molecule has 0 aliphatic heterocycles. The van der Waals surface area contributed by atoms with Crippen molar-refractivity contribution >= 4 is 29.0 Å². The largest absolute Gasteiger partial charge is 0.493 e. The summed E-state index contributed by atoms with van der Waals surface area (Å²) in [5.74, 6) is 1.37. The second-order valence-electron chi connectivity index (χ2n) is 6.89. The molecule has 2 heterocycles. The van der Waals surface area contributed by atoms with E-state index in [1.807, 2.05) is 31.2 Å². The molecule has 0 saturated heterocycles. The lowest BCUT2D eigenvalue weighted by Crippen LogP contribution is -2.15. The molecule has 0 aliphatic carbocycles. The molecule has 0 aliphatic rings. The van der Waals surface area contributed by atoms with Crippen molar-refractivity contribution < 1.29 is 13.9 Å². The Morgan fingerprint density at radius 1 is 1.22 bits per heavy atom. The zero-order valence-corrected chi connectivity index (χ0v) is 18.3. The molecule has 2 aromatic heterocycles. The van der Waals surface area contributed by atoms with Crippen LogP contribution in [0.25, 0.3) is 11.5 Å². The van der Waals surface area contributed by atoms with E-state index in [0.29, 0.717) is 40.4 Å². The van der Waals surface area contributed by atoms with Crippen LogP contribution in [-0.2, 0) is 6.54 Å². The number of nitrogens with one attached hydrogen (secondary N) is 1. The average molecular weight is 453 g/mol. The first-order chi connectivity index (χ1) is 15.5. The molecule has 4 aromatic rings. The van der Waals surface area contributed by atoms with Crippen LogP contribution in [0.4, 0.5) is 11.5 Å². The number of benzene rings is 2. The summed E-state index contributed by atoms with van der Waals surface area (Å²) in [4.78, 5) is 17.1. The highest BCUT2D eigenvalue weighted by Crippen LogP contribution is 2.31. The molecule has 0 bridgehead atoms. The molecule has 3 N–H and O–H groups in total. The maximum atomic E-state index is 12.6. The van der Waals surface area contributed by atoms with E-state index in [4.69, 9.17) is 26.5 Å². The Balaban J connectivity index is 1.54. The van der Waals surface area contributed by atoms with Gasteiger partial charge in [0.1, 0.15) is 17.2 Å². The summed E-state index contributed by atoms with van der Waals surface area (Å²) < 4.78 is 12.9. The fourth-order valence-corrected chi connectivity index (χ4v) is 3.20. The molecular formula is C22H21ClN6O3. The van der Waals surface area contributed by atoms with E-state index in [1.165, 1.54) is 4.68 Å². The number of oxazole rings is 1. The van der Waals surface area contributed by atoms with Gasteiger partial charge in [-0.15, -0.1) is 5.10 Å². The summed E-state index contributed by atoms with van der Waals surface area (Å²) in [6.45, 7) is 4.44. The van der Waals surface area contributed by atoms with E-state index in [1.54, 1.807) is 31.2 Å². The first kappa shape index (κ1) is 21.4. The number of nitrogens with zero attached hydrogens (tertiary/aromatic N) is 4. The number of para-hydroxylation sites is 1. The molecule has 2 aromatic carbocycles. The van der Waals surface area contributed by atoms with Gasteiger partial charge in [0.2, 0.25) is 5.89 Å². The molecular weight excluding hydrogens is 432 g/mol. The first-order valence-corrected chi connectivity index (χ1v) is 10.3. The van der Waals surface area contributed by atoms with Crippen molar-refractivity contribution in [1.29, 1.82) is 0 Å². The minimum Gasteiger partial charge on any atom is -0.493 e. The summed E-state index contributed by atoms with van der Waals surface area (Å²) in [6, 6.07) is 14.2. The Kier molecular flexibility index (Phi) is 6.09. The molecule has 0 spiro atoms. The maximum absolute atomic E-state index is 12.6. The highest BCUT2D eigenvalue weighted by Gasteiger charge is 2.21. The molecule has 32 heavy (non-hydrogen) atoms. The van der Waals surface area contributed by atoms with Crippen molar-refractivity contribution in [1.82, 2.24) is 20.0 Å². The number of nitrogen functional groups attached to an aromatic ring is 1. The molecule has 10 heteroatoms. The fourth-order valence-electron chi connectivity index (χ4n) is 3.08. The number of aromatic nitrogens is 4. The third-order valence-electron chi connectivity index (χ3n) is 4.70. The third kappa shape index (κ3) is 4.42. The maximum Gasteiger partial charge on any atom is 0.280 e. The summed E-state index contributed by atoms with van der Waals surface area (Å²) in [5, 5.41) is 11.2. The zero-order chi connectivity index (χ0) is 22.7. The van der Waals surface area contributed by atoms with Gasteiger partial charge in [-0.05, 0) is 50.2 Å². The lowest BCUT2D eigenvalue weighted by molar-refractivity contribution is 0.102. The van der Waals surface area contributed by atoms with Crippen molar-refractivity contribution in [2.45, 2.75) is 20.4 Å². The molecule has 0 unspecified atom stereocenters. The van der Waals surface area contributed by atoms with E-state index in [0.717, 1.165) is 5.56 Å². The monoisotopic (exact) mass is 452 g/mol. The van der Waals surface area contributed by atoms with Crippen LogP contribution in [0.2, 0.25) is 5.02 Å². The molecule has 164 valence electrons. The Hall–Kier alpha value is -3.85. The van der Waals surface area contributed by atoms with Gasteiger partial charge in [-0.2, -0.15) is 0 Å². The van der Waals surface area contributed by atoms with Crippen LogP contribution in [0.1, 0.15) is 28.9 Å². The molecule has 4 rings (SSSR count). The SMILES string of the molecule is CCOc1ccccc1-c1nc(Cn2nnc(C(=O)Nc3ccc(Cl)cc3)c2N)c(C)o1. The van der Waals surface area contributed by atoms with Crippen LogP contribution in [0.3, 0.4) is 0 Å². The number of hydrogen-bond acceptors (Lipinski definition) is 7. The number of amides is 1. The molecule has 0 radical (unpaired) electrons. The first-order valence-electron chi connectivity index (χ1n) is 9.90. The summed E-state index contributed by atoms with van der Waals surface area (Å²) in [7, 11) is 0. The highest BCUT2D eigenvalue weighted by molar-refractivity contribution is 6.30. The molecule has 0 saturated carbocycles. The Morgan fingerprint density at radius 2 is 1.97 bits per heavy atom. The fraction of sp³-hybridized carbons (Fsp3) is 0.182. The normalized spacial score (nSPS) is 10.8. The van der Waals surface area contributed by atoms with Crippen LogP contribution in [0, 0.1) is 6.92 Å². The molecule has 0 fully saturated rings. The van der Waals surface area contributed by atoms with Crippen molar-refractivity contribution in [3.05, 3.63) is 70.7 Å². The number of carbonyl (C=O) groups is 1. The van der Waals surface area contributed by atoms with E-state index in [9.17, 15) is 4.79 Å². The van der Waals surface area contributed by atoms with E-state index < -0.39 is 5.91 Å². The Morgan fingerprint density at radius 3 is 2.72 bits per heavy atom. The standard InChI is InChI=1S/C22H21ClN6O3/c1-3-31-18-7-5-4-6-16(18)22-26-17(13(2)32-22)12-29-20(24)19(27-28-29)21(30)25-15-10-8-14(23)9-11-15/h4-11H,3,12,24H2,1-2H3,(H,25,30). The minimum absolute atomic E-state index is 0.0167. The lowest BCUT2D eigenvalue weighted by Gasteiger charge is -2.06. The molecule has 1 amide bonds. The highest BCUT2D eigenvalue weighted by atomic mass is 35.5. The van der Waals surface area contributed by atoms with Crippen LogP contribution in [0.15, 0.2) is 52.9 Å². The van der Waals surface area contributed by atoms with Gasteiger partial charge in [0, 0.05) is 10.7 Å². The summed E-state index contributed by atoms with van der Waals surface area (Å²) in [5.41, 5.74) is 8.09. The van der Waals surface area contributed by atoms with E-state index >= 15 is 0 Å². The predicted molar refractivity (Wildman–Crippen MR) is 121 cm³/mol. The molecule has 9 nitrogen and oxygen atoms in total. The van der Waals surface area contributed by atoms with Crippen LogP contribution < -0.4 is 15.8 Å². The van der Waals surface area contributed by atoms with Crippen LogP contribution in [0.5, 0.6) is 5.75 Å². The van der Waals surface area contributed by atoms with Gasteiger partial charge in [-0.1, -0.05) is 28.9 Å². The summed E-state index contributed by atoms with van der Waals surface area (Å²) in [6.07, 6.45) is 0. The van der Waals surface area contributed by atoms with Gasteiger partial charge < -0.3 is 20.2 Å². The smallest absolute Gasteiger partial charge is 0.280 e. The lowest BCUT2D eigenvalue weighted by atomic mass is 10.2. The quantitative estimate of drug-likeness (QED) is 0.431. The van der Waals surface area contributed by atoms with Crippen molar-refractivity contribution in [2.24, 2.45) is 0 Å². The average Bonchev–Trinajstić information content (AvgIpc) is 3.33. The van der Waals surface area contributed by atoms with Crippen molar-refractivity contribution in [3.63, 3.8) is 0 Å².